The van der Waals surface area contributed by atoms with Gasteiger partial charge >= 0.3 is 5.69 Å². The van der Waals surface area contributed by atoms with Gasteiger partial charge in [-0.3, -0.25) is 13.9 Å². The molecule has 1 saturated carbocycles. The number of hydrogen-bond donors (Lipinski definition) is 2. The molecule has 2 N–H and O–H groups in total. The van der Waals surface area contributed by atoms with Gasteiger partial charge in [-0.15, -0.1) is 0 Å². The number of fused-ring (bicyclic) bond motifs is 1. The van der Waals surface area contributed by atoms with Crippen molar-refractivity contribution in [2.24, 2.45) is 0 Å². The van der Waals surface area contributed by atoms with Crippen molar-refractivity contribution in [2.45, 2.75) is 57.7 Å². The molecule has 2 aromatic rings. The summed E-state index contributed by atoms with van der Waals surface area (Å²) in [4.78, 5) is 31.9. The highest BCUT2D eigenvalue weighted by Crippen LogP contribution is 2.35. The normalized spacial score (nSPS) is 16.3. The van der Waals surface area contributed by atoms with Gasteiger partial charge in [0.25, 0.3) is 5.56 Å². The Morgan fingerprint density at radius 2 is 2.05 bits per heavy atom. The van der Waals surface area contributed by atoms with Gasteiger partial charge < -0.3 is 10.1 Å². The summed E-state index contributed by atoms with van der Waals surface area (Å²) in [5.74, 6) is 0. The number of aryl methyl sites for hydroxylation is 1. The molecule has 2 aromatic heterocycles. The van der Waals surface area contributed by atoms with E-state index in [1.165, 1.54) is 4.57 Å². The zero-order chi connectivity index (χ0) is 15.9. The number of halogens is 1. The summed E-state index contributed by atoms with van der Waals surface area (Å²) in [5.41, 5.74) is -1.34. The predicted molar refractivity (Wildman–Crippen MR) is 83.3 cm³/mol. The minimum absolute atomic E-state index is 0.0189. The van der Waals surface area contributed by atoms with Crippen LogP contribution in [0.15, 0.2) is 9.59 Å². The molecular formula is C14H19ClN4O3. The first-order chi connectivity index (χ1) is 10.4. The smallest absolute Gasteiger partial charge is 0.332 e. The van der Waals surface area contributed by atoms with Crippen molar-refractivity contribution in [3.63, 3.8) is 0 Å². The van der Waals surface area contributed by atoms with Crippen LogP contribution >= 0.6 is 11.6 Å². The van der Waals surface area contributed by atoms with Gasteiger partial charge in [0.15, 0.2) is 11.2 Å². The lowest BCUT2D eigenvalue weighted by atomic mass is 10.2. The van der Waals surface area contributed by atoms with Crippen molar-refractivity contribution in [3.05, 3.63) is 26.1 Å². The van der Waals surface area contributed by atoms with Crippen molar-refractivity contribution >= 4 is 22.8 Å². The van der Waals surface area contributed by atoms with Crippen molar-refractivity contribution in [2.75, 3.05) is 0 Å². The van der Waals surface area contributed by atoms with Crippen LogP contribution in [0, 0.1) is 0 Å². The fourth-order valence-electron chi connectivity index (χ4n) is 2.60. The summed E-state index contributed by atoms with van der Waals surface area (Å²) in [6.45, 7) is 2.57. The Balaban J connectivity index is 2.13. The van der Waals surface area contributed by atoms with Crippen molar-refractivity contribution < 1.29 is 5.11 Å². The monoisotopic (exact) mass is 326 g/mol. The minimum atomic E-state index is -0.929. The van der Waals surface area contributed by atoms with E-state index < -0.39 is 16.9 Å². The fraction of sp³-hybridized carbons (Fsp3) is 0.643. The van der Waals surface area contributed by atoms with Gasteiger partial charge in [-0.2, -0.15) is 4.98 Å². The van der Waals surface area contributed by atoms with E-state index in [2.05, 4.69) is 16.9 Å². The van der Waals surface area contributed by atoms with E-state index in [0.717, 1.165) is 23.8 Å². The number of imidazole rings is 1. The van der Waals surface area contributed by atoms with Crippen LogP contribution in [0.25, 0.3) is 11.2 Å². The SMILES string of the molecule is CCCCCn1c(=O)n(CC2(O)CC2)c(=O)c2[nH]c(Cl)nc21. The molecule has 2 heterocycles. The van der Waals surface area contributed by atoms with Gasteiger partial charge in [-0.05, 0) is 30.9 Å². The molecule has 0 aliphatic heterocycles. The molecule has 0 unspecified atom stereocenters. The van der Waals surface area contributed by atoms with Gasteiger partial charge in [0.2, 0.25) is 5.28 Å². The molecule has 0 spiro atoms. The molecule has 0 saturated heterocycles. The number of nitrogens with one attached hydrogen (secondary N) is 1. The second kappa shape index (κ2) is 5.55. The van der Waals surface area contributed by atoms with E-state index in [9.17, 15) is 14.7 Å². The third-order valence-corrected chi connectivity index (χ3v) is 4.28. The number of aromatic amines is 1. The number of aliphatic hydroxyl groups is 1. The zero-order valence-electron chi connectivity index (χ0n) is 12.4. The zero-order valence-corrected chi connectivity index (χ0v) is 13.2. The minimum Gasteiger partial charge on any atom is -0.388 e. The maximum atomic E-state index is 12.6. The molecule has 1 fully saturated rings. The molecule has 1 aliphatic rings. The maximum absolute atomic E-state index is 12.6. The van der Waals surface area contributed by atoms with Crippen LogP contribution in [0.4, 0.5) is 0 Å². The average Bonchev–Trinajstić information content (AvgIpc) is 3.07. The van der Waals surface area contributed by atoms with Crippen LogP contribution in [-0.4, -0.2) is 29.8 Å². The third-order valence-electron chi connectivity index (χ3n) is 4.10. The van der Waals surface area contributed by atoms with Crippen molar-refractivity contribution in [1.82, 2.24) is 19.1 Å². The Morgan fingerprint density at radius 1 is 1.32 bits per heavy atom. The van der Waals surface area contributed by atoms with E-state index in [0.29, 0.717) is 19.4 Å². The topological polar surface area (TPSA) is 92.9 Å². The van der Waals surface area contributed by atoms with Gasteiger partial charge in [-0.25, -0.2) is 4.79 Å². The molecule has 1 aliphatic carbocycles. The van der Waals surface area contributed by atoms with Gasteiger partial charge in [0.05, 0.1) is 12.1 Å². The number of nitrogens with zero attached hydrogens (tertiary/aromatic N) is 3. The Labute approximate surface area is 131 Å². The summed E-state index contributed by atoms with van der Waals surface area (Å²) in [7, 11) is 0. The second-order valence-corrected chi connectivity index (χ2v) is 6.34. The van der Waals surface area contributed by atoms with Gasteiger partial charge in [0.1, 0.15) is 0 Å². The van der Waals surface area contributed by atoms with Crippen molar-refractivity contribution in [3.8, 4) is 0 Å². The van der Waals surface area contributed by atoms with E-state index in [4.69, 9.17) is 11.6 Å². The number of unbranched alkanes of at least 4 members (excludes halogenated alkanes) is 2. The molecule has 0 amide bonds. The summed E-state index contributed by atoms with van der Waals surface area (Å²) >= 11 is 5.86. The van der Waals surface area contributed by atoms with E-state index >= 15 is 0 Å². The van der Waals surface area contributed by atoms with Crippen LogP contribution in [0.5, 0.6) is 0 Å². The van der Waals surface area contributed by atoms with E-state index in [-0.39, 0.29) is 23.0 Å². The lowest BCUT2D eigenvalue weighted by Gasteiger charge is -2.13. The summed E-state index contributed by atoms with van der Waals surface area (Å²) in [6, 6.07) is 0. The first kappa shape index (κ1) is 15.3. The highest BCUT2D eigenvalue weighted by molar-refractivity contribution is 6.28. The van der Waals surface area contributed by atoms with Crippen molar-refractivity contribution in [1.29, 1.82) is 0 Å². The number of rotatable bonds is 6. The highest BCUT2D eigenvalue weighted by Gasteiger charge is 2.41. The number of H-pyrrole nitrogens is 1. The molecule has 0 atom stereocenters. The molecule has 22 heavy (non-hydrogen) atoms. The van der Waals surface area contributed by atoms with Crippen LogP contribution in [0.2, 0.25) is 5.28 Å². The Kier molecular flexibility index (Phi) is 3.86. The summed E-state index contributed by atoms with van der Waals surface area (Å²) in [6.07, 6.45) is 4.04. The summed E-state index contributed by atoms with van der Waals surface area (Å²) < 4.78 is 2.57. The number of hydrogen-bond acceptors (Lipinski definition) is 4. The van der Waals surface area contributed by atoms with Crippen LogP contribution in [-0.2, 0) is 13.1 Å². The van der Waals surface area contributed by atoms with E-state index in [1.807, 2.05) is 0 Å². The predicted octanol–water partition coefficient (Wildman–Crippen LogP) is 1.25. The summed E-state index contributed by atoms with van der Waals surface area (Å²) in [5, 5.41) is 10.1. The third kappa shape index (κ3) is 2.70. The van der Waals surface area contributed by atoms with Gasteiger partial charge in [0, 0.05) is 6.54 Å². The molecule has 3 rings (SSSR count). The molecule has 7 nitrogen and oxygen atoms in total. The Morgan fingerprint density at radius 3 is 2.68 bits per heavy atom. The van der Waals surface area contributed by atoms with Gasteiger partial charge in [-0.1, -0.05) is 19.8 Å². The largest absolute Gasteiger partial charge is 0.388 e. The molecule has 120 valence electrons. The maximum Gasteiger partial charge on any atom is 0.332 e. The van der Waals surface area contributed by atoms with Crippen LogP contribution in [0.3, 0.4) is 0 Å². The molecule has 0 aromatic carbocycles. The quantitative estimate of drug-likeness (QED) is 0.617. The molecule has 0 bridgehead atoms. The lowest BCUT2D eigenvalue weighted by Crippen LogP contribution is -2.43. The van der Waals surface area contributed by atoms with Crippen LogP contribution in [0.1, 0.15) is 39.0 Å². The fourth-order valence-corrected chi connectivity index (χ4v) is 2.77. The second-order valence-electron chi connectivity index (χ2n) is 5.98. The standard InChI is InChI=1S/C14H19ClN4O3/c1-2-3-4-7-18-10-9(16-12(15)17-10)11(20)19(13(18)21)8-14(22)5-6-14/h22H,2-8H2,1H3,(H,16,17). The Bertz CT molecular complexity index is 816. The Hall–Kier alpha value is -1.60. The molecule has 8 heteroatoms. The highest BCUT2D eigenvalue weighted by atomic mass is 35.5. The average molecular weight is 327 g/mol. The first-order valence-corrected chi connectivity index (χ1v) is 7.94. The van der Waals surface area contributed by atoms with E-state index in [1.54, 1.807) is 0 Å². The number of aromatic nitrogens is 4. The lowest BCUT2D eigenvalue weighted by molar-refractivity contribution is 0.126. The van der Waals surface area contributed by atoms with Crippen LogP contribution < -0.4 is 11.2 Å². The molecular weight excluding hydrogens is 308 g/mol. The first-order valence-electron chi connectivity index (χ1n) is 7.56. The molecule has 0 radical (unpaired) electrons.